The first-order chi connectivity index (χ1) is 22.5. The minimum Gasteiger partial charge on any atom is -0.457 e. The van der Waals surface area contributed by atoms with Crippen LogP contribution in [0.5, 0.6) is 11.5 Å². The third kappa shape index (κ3) is 7.59. The highest BCUT2D eigenvalue weighted by molar-refractivity contribution is 6.00. The van der Waals surface area contributed by atoms with E-state index in [1.165, 1.54) is 37.4 Å². The number of likely N-dealkylation sites (tertiary alicyclic amines) is 1. The van der Waals surface area contributed by atoms with Crippen LogP contribution in [-0.4, -0.2) is 77.0 Å². The Morgan fingerprint density at radius 3 is 2.38 bits per heavy atom. The molecule has 2 aliphatic heterocycles. The maximum Gasteiger partial charge on any atom is 0.419 e. The van der Waals surface area contributed by atoms with Gasteiger partial charge in [-0.1, -0.05) is 38.7 Å². The first-order valence-electron chi connectivity index (χ1n) is 16.7. The van der Waals surface area contributed by atoms with Crippen LogP contribution in [0.1, 0.15) is 86.2 Å². The van der Waals surface area contributed by atoms with Gasteiger partial charge >= 0.3 is 6.18 Å². The highest BCUT2D eigenvalue weighted by atomic mass is 19.4. The maximum absolute atomic E-state index is 14.1. The predicted molar refractivity (Wildman–Crippen MR) is 170 cm³/mol. The van der Waals surface area contributed by atoms with Gasteiger partial charge in [0.2, 0.25) is 11.8 Å². The molecular formula is C35H45F3N4O5. The third-order valence-corrected chi connectivity index (χ3v) is 9.98. The van der Waals surface area contributed by atoms with E-state index < -0.39 is 29.4 Å². The molecule has 3 amide bonds. The van der Waals surface area contributed by atoms with Crippen LogP contribution in [0, 0.1) is 5.92 Å². The van der Waals surface area contributed by atoms with Crippen LogP contribution in [0.3, 0.4) is 0 Å². The number of ether oxygens (including phenoxy) is 1. The van der Waals surface area contributed by atoms with Gasteiger partial charge in [-0.15, -0.1) is 0 Å². The molecule has 1 spiro atoms. The summed E-state index contributed by atoms with van der Waals surface area (Å²) in [6.45, 7) is 3.50. The summed E-state index contributed by atoms with van der Waals surface area (Å²) in [4.78, 5) is 43.1. The summed E-state index contributed by atoms with van der Waals surface area (Å²) in [6.07, 6.45) is 1.46. The Balaban J connectivity index is 1.28. The van der Waals surface area contributed by atoms with Crippen LogP contribution in [0.4, 0.5) is 13.2 Å². The Morgan fingerprint density at radius 2 is 1.77 bits per heavy atom. The number of benzene rings is 2. The smallest absolute Gasteiger partial charge is 0.419 e. The second kappa shape index (κ2) is 14.6. The van der Waals surface area contributed by atoms with Gasteiger partial charge in [0.05, 0.1) is 11.7 Å². The molecule has 2 atom stereocenters. The topological polar surface area (TPSA) is 111 Å². The molecule has 47 heavy (non-hydrogen) atoms. The number of carbonyl (C=O) groups excluding carboxylic acids is 3. The van der Waals surface area contributed by atoms with E-state index >= 15 is 0 Å². The van der Waals surface area contributed by atoms with E-state index in [1.807, 2.05) is 11.8 Å². The number of nitrogens with one attached hydrogen (secondary N) is 2. The molecule has 2 saturated heterocycles. The molecule has 1 saturated carbocycles. The van der Waals surface area contributed by atoms with Gasteiger partial charge in [0, 0.05) is 38.8 Å². The molecule has 0 bridgehead atoms. The molecule has 9 nitrogen and oxygen atoms in total. The lowest BCUT2D eigenvalue weighted by Crippen LogP contribution is -2.75. The number of piperazine rings is 1. The standard InChI is InChI=1S/C35H45F3N4O5/c1-3-4-18-42-32(45)29(30(43)24-8-6-5-7-9-24)40-33(46)34(42)16-19-41(20-17-34)22-23-10-15-28(27(21-23)35(36,37)38)47-26-13-11-25(12-14-26)31(44)39-2/h10-15,21,24,29-30,43H,3-9,16-20,22H2,1-2H3,(H,39,44)(H,40,46)/t29-,30-/m1/s1. The van der Waals surface area contributed by atoms with E-state index in [1.54, 1.807) is 11.0 Å². The van der Waals surface area contributed by atoms with Crippen molar-refractivity contribution in [3.8, 4) is 11.5 Å². The van der Waals surface area contributed by atoms with Crippen molar-refractivity contribution in [2.75, 3.05) is 26.7 Å². The monoisotopic (exact) mass is 658 g/mol. The average Bonchev–Trinajstić information content (AvgIpc) is 3.07. The molecule has 0 aromatic heterocycles. The van der Waals surface area contributed by atoms with Crippen LogP contribution < -0.4 is 15.4 Å². The average molecular weight is 659 g/mol. The van der Waals surface area contributed by atoms with Gasteiger partial charge in [0.25, 0.3) is 5.91 Å². The Bertz CT molecular complexity index is 1420. The number of hydrogen-bond donors (Lipinski definition) is 3. The molecule has 2 aromatic carbocycles. The Morgan fingerprint density at radius 1 is 1.09 bits per heavy atom. The van der Waals surface area contributed by atoms with E-state index in [0.717, 1.165) is 51.0 Å². The largest absolute Gasteiger partial charge is 0.457 e. The molecule has 2 heterocycles. The number of nitrogens with zero attached hydrogens (tertiary/aromatic N) is 2. The number of rotatable bonds is 10. The van der Waals surface area contributed by atoms with Crippen LogP contribution in [0.25, 0.3) is 0 Å². The second-order valence-corrected chi connectivity index (χ2v) is 13.0. The molecule has 1 aliphatic carbocycles. The lowest BCUT2D eigenvalue weighted by molar-refractivity contribution is -0.166. The summed E-state index contributed by atoms with van der Waals surface area (Å²) in [6, 6.07) is 8.85. The lowest BCUT2D eigenvalue weighted by Gasteiger charge is -2.52. The van der Waals surface area contributed by atoms with Gasteiger partial charge in [-0.2, -0.15) is 13.2 Å². The zero-order chi connectivity index (χ0) is 33.8. The van der Waals surface area contributed by atoms with E-state index in [4.69, 9.17) is 4.74 Å². The summed E-state index contributed by atoms with van der Waals surface area (Å²) in [7, 11) is 1.49. The number of alkyl halides is 3. The SMILES string of the molecule is CCCCN1C(=O)[C@@H]([C@H](O)C2CCCCC2)NC(=O)C12CCN(Cc1ccc(Oc3ccc(C(=O)NC)cc3)c(C(F)(F)F)c1)CC2. The summed E-state index contributed by atoms with van der Waals surface area (Å²) >= 11 is 0. The predicted octanol–water partition coefficient (Wildman–Crippen LogP) is 5.26. The van der Waals surface area contributed by atoms with E-state index in [2.05, 4.69) is 10.6 Å². The first-order valence-corrected chi connectivity index (χ1v) is 16.7. The first kappa shape index (κ1) is 34.7. The van der Waals surface area contributed by atoms with Crippen LogP contribution in [0.15, 0.2) is 42.5 Å². The molecule has 3 N–H and O–H groups in total. The zero-order valence-corrected chi connectivity index (χ0v) is 27.1. The van der Waals surface area contributed by atoms with Crippen LogP contribution in [-0.2, 0) is 22.3 Å². The molecule has 12 heteroatoms. The zero-order valence-electron chi connectivity index (χ0n) is 27.1. The van der Waals surface area contributed by atoms with Crippen molar-refractivity contribution >= 4 is 17.7 Å². The Kier molecular flexibility index (Phi) is 10.8. The lowest BCUT2D eigenvalue weighted by atomic mass is 9.78. The van der Waals surface area contributed by atoms with Gasteiger partial charge in [-0.3, -0.25) is 19.3 Å². The van der Waals surface area contributed by atoms with Crippen molar-refractivity contribution in [1.82, 2.24) is 20.4 Å². The fourth-order valence-electron chi connectivity index (χ4n) is 7.23. The van der Waals surface area contributed by atoms with E-state index in [0.29, 0.717) is 43.6 Å². The summed E-state index contributed by atoms with van der Waals surface area (Å²) in [5, 5.41) is 16.6. The van der Waals surface area contributed by atoms with Gasteiger partial charge in [0.15, 0.2) is 0 Å². The fraction of sp³-hybridized carbons (Fsp3) is 0.571. The molecule has 3 aliphatic rings. The van der Waals surface area contributed by atoms with Crippen molar-refractivity contribution in [3.05, 3.63) is 59.2 Å². The number of carbonyl (C=O) groups is 3. The van der Waals surface area contributed by atoms with Crippen molar-refractivity contribution in [3.63, 3.8) is 0 Å². The molecule has 0 unspecified atom stereocenters. The van der Waals surface area contributed by atoms with Gasteiger partial charge in [0.1, 0.15) is 23.1 Å². The summed E-state index contributed by atoms with van der Waals surface area (Å²) < 4.78 is 48.0. The second-order valence-electron chi connectivity index (χ2n) is 13.0. The highest BCUT2D eigenvalue weighted by Crippen LogP contribution is 2.40. The minimum atomic E-state index is -4.67. The molecule has 2 aromatic rings. The van der Waals surface area contributed by atoms with Gasteiger partial charge < -0.3 is 25.4 Å². The number of aliphatic hydroxyl groups is 1. The van der Waals surface area contributed by atoms with Gasteiger partial charge in [-0.05, 0) is 80.0 Å². The van der Waals surface area contributed by atoms with Crippen molar-refractivity contribution in [2.24, 2.45) is 5.92 Å². The normalized spacial score (nSPS) is 21.4. The molecular weight excluding hydrogens is 613 g/mol. The van der Waals surface area contributed by atoms with Crippen molar-refractivity contribution in [1.29, 1.82) is 0 Å². The minimum absolute atomic E-state index is 0.0186. The molecule has 0 radical (unpaired) electrons. The Hall–Kier alpha value is -3.64. The summed E-state index contributed by atoms with van der Waals surface area (Å²) in [5.41, 5.74) is -1.16. The van der Waals surface area contributed by atoms with Gasteiger partial charge in [-0.25, -0.2) is 0 Å². The van der Waals surface area contributed by atoms with Crippen molar-refractivity contribution in [2.45, 2.75) is 95.1 Å². The number of aliphatic hydroxyl groups excluding tert-OH is 1. The summed E-state index contributed by atoms with van der Waals surface area (Å²) in [5.74, 6) is -1.01. The van der Waals surface area contributed by atoms with Crippen molar-refractivity contribution < 1.29 is 37.4 Å². The van der Waals surface area contributed by atoms with E-state index in [9.17, 15) is 32.7 Å². The number of halogens is 3. The number of piperidine rings is 1. The number of hydrogen-bond acceptors (Lipinski definition) is 6. The molecule has 3 fully saturated rings. The maximum atomic E-state index is 14.1. The Labute approximate surface area is 273 Å². The number of amides is 3. The van der Waals surface area contributed by atoms with E-state index in [-0.39, 0.29) is 41.7 Å². The molecule has 5 rings (SSSR count). The number of unbranched alkanes of at least 4 members (excludes halogenated alkanes) is 1. The third-order valence-electron chi connectivity index (χ3n) is 9.98. The fourth-order valence-corrected chi connectivity index (χ4v) is 7.23. The molecule has 256 valence electrons. The highest BCUT2D eigenvalue weighted by Gasteiger charge is 2.55. The van der Waals surface area contributed by atoms with Crippen LogP contribution >= 0.6 is 0 Å². The quantitative estimate of drug-likeness (QED) is 0.321. The van der Waals surface area contributed by atoms with Crippen LogP contribution in [0.2, 0.25) is 0 Å².